The van der Waals surface area contributed by atoms with E-state index in [-0.39, 0.29) is 18.8 Å². The van der Waals surface area contributed by atoms with Crippen LogP contribution in [0, 0.1) is 0 Å². The molecule has 0 spiro atoms. The van der Waals surface area contributed by atoms with E-state index < -0.39 is 18.2 Å². The lowest BCUT2D eigenvalue weighted by atomic mass is 9.74. The van der Waals surface area contributed by atoms with Gasteiger partial charge in [0.2, 0.25) is 6.79 Å². The number of nitrogens with one attached hydrogen (secondary N) is 1. The molecule has 0 radical (unpaired) electrons. The third-order valence-electron chi connectivity index (χ3n) is 5.54. The summed E-state index contributed by atoms with van der Waals surface area (Å²) in [6.07, 6.45) is 1.58. The number of likely N-dealkylation sites (tertiary alicyclic amines) is 1. The maximum Gasteiger partial charge on any atom is 0.338 e. The van der Waals surface area contributed by atoms with E-state index in [0.29, 0.717) is 17.1 Å². The first kappa shape index (κ1) is 13.4. The highest BCUT2D eigenvalue weighted by Gasteiger charge is 2.53. The van der Waals surface area contributed by atoms with Crippen molar-refractivity contribution in [1.82, 2.24) is 0 Å². The zero-order valence-corrected chi connectivity index (χ0v) is 12.7. The van der Waals surface area contributed by atoms with Crippen molar-refractivity contribution in [2.75, 3.05) is 20.4 Å². The monoisotopic (exact) mass is 316 g/mol. The molecule has 0 bridgehead atoms. The summed E-state index contributed by atoms with van der Waals surface area (Å²) in [7, 11) is 2.16. The number of hydrogen-bond donors (Lipinski definition) is 2. The van der Waals surface area contributed by atoms with Crippen molar-refractivity contribution in [2.45, 2.75) is 30.6 Å². The second kappa shape index (κ2) is 4.49. The summed E-state index contributed by atoms with van der Waals surface area (Å²) in [5, 5.41) is 10.5. The van der Waals surface area contributed by atoms with Crippen molar-refractivity contribution >= 4 is 5.97 Å². The molecule has 5 atom stereocenters. The zero-order valence-electron chi connectivity index (χ0n) is 12.7. The van der Waals surface area contributed by atoms with Gasteiger partial charge in [-0.1, -0.05) is 0 Å². The average molecular weight is 316 g/mol. The van der Waals surface area contributed by atoms with Crippen molar-refractivity contribution in [3.05, 3.63) is 34.9 Å². The largest absolute Gasteiger partial charge is 0.455 e. The smallest absolute Gasteiger partial charge is 0.338 e. The number of aliphatic hydroxyl groups excluding tert-OH is 1. The molecule has 2 N–H and O–H groups in total. The molecule has 23 heavy (non-hydrogen) atoms. The molecule has 0 aromatic heterocycles. The van der Waals surface area contributed by atoms with Crippen LogP contribution in [-0.4, -0.2) is 49.7 Å². The molecule has 120 valence electrons. The van der Waals surface area contributed by atoms with Gasteiger partial charge in [-0.05, 0) is 29.3 Å². The highest BCUT2D eigenvalue weighted by atomic mass is 16.7. The minimum absolute atomic E-state index is 0.0466. The Morgan fingerprint density at radius 1 is 1.26 bits per heavy atom. The van der Waals surface area contributed by atoms with Gasteiger partial charge in [0, 0.05) is 6.42 Å². The Labute approximate surface area is 133 Å². The van der Waals surface area contributed by atoms with Crippen LogP contribution in [0.15, 0.2) is 23.8 Å². The van der Waals surface area contributed by atoms with Crippen molar-refractivity contribution < 1.29 is 29.0 Å². The first-order valence-corrected chi connectivity index (χ1v) is 7.99. The minimum Gasteiger partial charge on any atom is -0.455 e. The lowest BCUT2D eigenvalue weighted by Crippen LogP contribution is -3.11. The van der Waals surface area contributed by atoms with Gasteiger partial charge in [-0.25, -0.2) is 4.79 Å². The molecule has 6 heteroatoms. The van der Waals surface area contributed by atoms with E-state index >= 15 is 0 Å². The summed E-state index contributed by atoms with van der Waals surface area (Å²) in [6.45, 7) is 1.20. The highest BCUT2D eigenvalue weighted by molar-refractivity contribution is 5.94. The number of hydrogen-bond acceptors (Lipinski definition) is 5. The molecule has 1 fully saturated rings. The fraction of sp³-hybridized carbons (Fsp3) is 0.471. The number of carbonyl (C=O) groups excluding carboxylic acids is 1. The van der Waals surface area contributed by atoms with E-state index in [1.54, 1.807) is 6.07 Å². The minimum atomic E-state index is -0.750. The Balaban J connectivity index is 1.70. The molecule has 5 rings (SSSR count). The van der Waals surface area contributed by atoms with Gasteiger partial charge in [-0.3, -0.25) is 0 Å². The molecule has 3 aliphatic heterocycles. The molecule has 1 aromatic carbocycles. The standard InChI is InChI=1S/C17H17NO5/c1-18-3-2-8-4-11(19)16-14(15(8)18)9-5-12-13(22-7-21-12)6-10(9)17(20)23-16/h4-6,11,14-16,19H,2-3,7H2,1H3/p+1/t11-,14-,15-,16-/m0/s1. The van der Waals surface area contributed by atoms with Gasteiger partial charge < -0.3 is 24.2 Å². The summed E-state index contributed by atoms with van der Waals surface area (Å²) in [4.78, 5) is 13.8. The first-order valence-electron chi connectivity index (χ1n) is 7.99. The third-order valence-corrected chi connectivity index (χ3v) is 5.54. The topological polar surface area (TPSA) is 69.4 Å². The molecule has 1 unspecified atom stereocenters. The van der Waals surface area contributed by atoms with Crippen LogP contribution in [0.3, 0.4) is 0 Å². The zero-order chi connectivity index (χ0) is 15.7. The predicted octanol–water partition coefficient (Wildman–Crippen LogP) is -0.374. The molecule has 1 aromatic rings. The maximum absolute atomic E-state index is 12.4. The molecular weight excluding hydrogens is 298 g/mol. The molecule has 4 aliphatic rings. The molecule has 6 nitrogen and oxygen atoms in total. The SMILES string of the molecule is C[NH+]1CCC2=C[C@H](O)[C@@H]3OC(=O)c4cc5c(cc4[C@H]3[C@H]21)OCO5. The first-order chi connectivity index (χ1) is 11.1. The number of quaternary nitrogens is 1. The van der Waals surface area contributed by atoms with Gasteiger partial charge in [0.05, 0.1) is 25.1 Å². The number of benzene rings is 1. The van der Waals surface area contributed by atoms with Crippen LogP contribution >= 0.6 is 0 Å². The van der Waals surface area contributed by atoms with Crippen LogP contribution in [0.25, 0.3) is 0 Å². The summed E-state index contributed by atoms with van der Waals surface area (Å²) >= 11 is 0. The van der Waals surface area contributed by atoms with E-state index in [9.17, 15) is 9.90 Å². The van der Waals surface area contributed by atoms with Gasteiger partial charge in [0.25, 0.3) is 0 Å². The van der Waals surface area contributed by atoms with Gasteiger partial charge in [0.15, 0.2) is 11.5 Å². The number of carbonyl (C=O) groups is 1. The quantitative estimate of drug-likeness (QED) is 0.505. The van der Waals surface area contributed by atoms with Crippen molar-refractivity contribution in [3.8, 4) is 11.5 Å². The Bertz CT molecular complexity index is 743. The van der Waals surface area contributed by atoms with Gasteiger partial charge in [0.1, 0.15) is 18.2 Å². The molecule has 1 saturated heterocycles. The summed E-state index contributed by atoms with van der Waals surface area (Å²) in [5.74, 6) is 0.803. The summed E-state index contributed by atoms with van der Waals surface area (Å²) in [5.41, 5.74) is 2.70. The molecule has 0 saturated carbocycles. The number of fused-ring (bicyclic) bond motifs is 6. The normalized spacial score (nSPS) is 36.7. The van der Waals surface area contributed by atoms with Gasteiger partial charge >= 0.3 is 5.97 Å². The summed E-state index contributed by atoms with van der Waals surface area (Å²) < 4.78 is 16.5. The van der Waals surface area contributed by atoms with Gasteiger partial charge in [-0.15, -0.1) is 0 Å². The van der Waals surface area contributed by atoms with Crippen LogP contribution < -0.4 is 14.4 Å². The number of ether oxygens (including phenoxy) is 3. The van der Waals surface area contributed by atoms with Crippen LogP contribution in [-0.2, 0) is 4.74 Å². The fourth-order valence-electron chi connectivity index (χ4n) is 4.51. The van der Waals surface area contributed by atoms with E-state index in [1.807, 2.05) is 12.1 Å². The Kier molecular flexibility index (Phi) is 2.61. The van der Waals surface area contributed by atoms with E-state index in [1.165, 1.54) is 10.5 Å². The van der Waals surface area contributed by atoms with Crippen molar-refractivity contribution in [1.29, 1.82) is 0 Å². The lowest BCUT2D eigenvalue weighted by molar-refractivity contribution is -0.891. The van der Waals surface area contributed by atoms with E-state index in [4.69, 9.17) is 14.2 Å². The molecular formula is C17H18NO5+. The van der Waals surface area contributed by atoms with Crippen LogP contribution in [0.5, 0.6) is 11.5 Å². The second-order valence-electron chi connectivity index (χ2n) is 6.74. The van der Waals surface area contributed by atoms with Gasteiger partial charge in [-0.2, -0.15) is 0 Å². The predicted molar refractivity (Wildman–Crippen MR) is 78.8 cm³/mol. The van der Waals surface area contributed by atoms with E-state index in [2.05, 4.69) is 7.05 Å². The third kappa shape index (κ3) is 1.73. The van der Waals surface area contributed by atoms with Crippen LogP contribution in [0.1, 0.15) is 28.3 Å². The highest BCUT2D eigenvalue weighted by Crippen LogP contribution is 2.46. The Morgan fingerprint density at radius 2 is 2.04 bits per heavy atom. The fourth-order valence-corrected chi connectivity index (χ4v) is 4.51. The van der Waals surface area contributed by atoms with Crippen molar-refractivity contribution in [3.63, 3.8) is 0 Å². The second-order valence-corrected chi connectivity index (χ2v) is 6.74. The number of esters is 1. The van der Waals surface area contributed by atoms with Crippen LogP contribution in [0.2, 0.25) is 0 Å². The molecule has 0 amide bonds. The lowest BCUT2D eigenvalue weighted by Gasteiger charge is -2.41. The molecule has 3 heterocycles. The Morgan fingerprint density at radius 3 is 2.87 bits per heavy atom. The maximum atomic E-state index is 12.4. The summed E-state index contributed by atoms with van der Waals surface area (Å²) in [6, 6.07) is 3.85. The average Bonchev–Trinajstić information content (AvgIpc) is 3.13. The van der Waals surface area contributed by atoms with Crippen molar-refractivity contribution in [2.24, 2.45) is 0 Å². The number of likely N-dealkylation sites (N-methyl/N-ethyl adjacent to an activating group) is 1. The Hall–Kier alpha value is -2.05. The molecule has 1 aliphatic carbocycles. The van der Waals surface area contributed by atoms with Crippen LogP contribution in [0.4, 0.5) is 0 Å². The number of aliphatic hydroxyl groups is 1. The number of rotatable bonds is 0. The van der Waals surface area contributed by atoms with E-state index in [0.717, 1.165) is 18.5 Å².